The highest BCUT2D eigenvalue weighted by Gasteiger charge is 2.11. The van der Waals surface area contributed by atoms with Crippen molar-refractivity contribution in [3.63, 3.8) is 0 Å². The van der Waals surface area contributed by atoms with Crippen LogP contribution < -0.4 is 5.73 Å². The van der Waals surface area contributed by atoms with E-state index in [4.69, 9.17) is 5.73 Å². The molecule has 86 valence electrons. The minimum atomic E-state index is -1.38. The number of aryl methyl sites for hydroxylation is 1. The van der Waals surface area contributed by atoms with Crippen LogP contribution in [0.2, 0.25) is 19.6 Å². The summed E-state index contributed by atoms with van der Waals surface area (Å²) >= 11 is 3.51. The molecule has 0 bridgehead atoms. The first-order valence-corrected chi connectivity index (χ1v) is 9.47. The van der Waals surface area contributed by atoms with Crippen LogP contribution in [-0.4, -0.2) is 13.1 Å². The van der Waals surface area contributed by atoms with Crippen molar-refractivity contribution in [2.45, 2.75) is 33.5 Å². The fourth-order valence-corrected chi connectivity index (χ4v) is 2.05. The molecular weight excluding hydrogens is 280 g/mol. The van der Waals surface area contributed by atoms with Gasteiger partial charge in [0.05, 0.1) is 11.3 Å². The van der Waals surface area contributed by atoms with E-state index in [0.29, 0.717) is 5.82 Å². The minimum absolute atomic E-state index is 0.531. The third-order valence-corrected chi connectivity index (χ3v) is 4.17. The molecule has 2 nitrogen and oxygen atoms in total. The molecule has 0 amide bonds. The van der Waals surface area contributed by atoms with Crippen LogP contribution in [0.4, 0.5) is 5.82 Å². The van der Waals surface area contributed by atoms with Gasteiger partial charge in [-0.3, -0.25) is 0 Å². The average Bonchev–Trinajstić information content (AvgIpc) is 2.12. The number of nitrogen functional groups attached to an aromatic ring is 1. The van der Waals surface area contributed by atoms with Gasteiger partial charge in [-0.15, -0.1) is 5.54 Å². The lowest BCUT2D eigenvalue weighted by Gasteiger charge is -2.09. The van der Waals surface area contributed by atoms with Gasteiger partial charge in [-0.2, -0.15) is 0 Å². The van der Waals surface area contributed by atoms with Gasteiger partial charge in [-0.1, -0.05) is 25.6 Å². The summed E-state index contributed by atoms with van der Waals surface area (Å²) in [5.41, 5.74) is 12.1. The molecule has 1 heterocycles. The van der Waals surface area contributed by atoms with Crippen LogP contribution in [0.25, 0.3) is 0 Å². The second-order valence-corrected chi connectivity index (χ2v) is 10.4. The maximum Gasteiger partial charge on any atom is 0.139 e. The van der Waals surface area contributed by atoms with Crippen molar-refractivity contribution in [1.82, 2.24) is 4.98 Å². The van der Waals surface area contributed by atoms with Gasteiger partial charge in [0.1, 0.15) is 13.9 Å². The highest BCUT2D eigenvalue weighted by atomic mass is 79.9. The van der Waals surface area contributed by atoms with Crippen molar-refractivity contribution in [2.75, 3.05) is 5.73 Å². The largest absolute Gasteiger partial charge is 0.383 e. The van der Waals surface area contributed by atoms with Gasteiger partial charge in [-0.05, 0) is 35.3 Å². The van der Waals surface area contributed by atoms with Gasteiger partial charge in [-0.25, -0.2) is 4.98 Å². The zero-order chi connectivity index (χ0) is 12.5. The molecule has 0 aliphatic heterocycles. The zero-order valence-electron chi connectivity index (χ0n) is 10.4. The van der Waals surface area contributed by atoms with E-state index in [1.54, 1.807) is 0 Å². The summed E-state index contributed by atoms with van der Waals surface area (Å²) in [4.78, 5) is 4.28. The third kappa shape index (κ3) is 3.10. The minimum Gasteiger partial charge on any atom is -0.383 e. The summed E-state index contributed by atoms with van der Waals surface area (Å²) in [6.45, 7) is 10.6. The second kappa shape index (κ2) is 4.60. The van der Waals surface area contributed by atoms with Crippen molar-refractivity contribution < 1.29 is 0 Å². The lowest BCUT2D eigenvalue weighted by molar-refractivity contribution is 1.15. The van der Waals surface area contributed by atoms with Crippen molar-refractivity contribution >= 4 is 29.8 Å². The monoisotopic (exact) mass is 296 g/mol. The van der Waals surface area contributed by atoms with Gasteiger partial charge >= 0.3 is 0 Å². The summed E-state index contributed by atoms with van der Waals surface area (Å²) in [7, 11) is -1.38. The number of anilines is 1. The number of rotatable bonds is 0. The topological polar surface area (TPSA) is 38.9 Å². The molecule has 2 N–H and O–H groups in total. The van der Waals surface area contributed by atoms with Crippen LogP contribution in [0, 0.1) is 25.3 Å². The Morgan fingerprint density at radius 2 is 1.81 bits per heavy atom. The Hall–Kier alpha value is -0.793. The molecule has 4 heteroatoms. The molecule has 16 heavy (non-hydrogen) atoms. The fourth-order valence-electron chi connectivity index (χ4n) is 1.27. The Labute approximate surface area is 107 Å². The molecule has 0 unspecified atom stereocenters. The fraction of sp³-hybridized carbons (Fsp3) is 0.417. The summed E-state index contributed by atoms with van der Waals surface area (Å²) in [5.74, 6) is 3.71. The highest BCUT2D eigenvalue weighted by molar-refractivity contribution is 9.10. The van der Waals surface area contributed by atoms with Gasteiger partial charge < -0.3 is 5.73 Å². The molecule has 1 aromatic heterocycles. The number of halogens is 1. The second-order valence-electron chi connectivity index (χ2n) is 4.90. The van der Waals surface area contributed by atoms with Crippen LogP contribution in [0.3, 0.4) is 0 Å². The van der Waals surface area contributed by atoms with Crippen molar-refractivity contribution in [1.29, 1.82) is 0 Å². The SMILES string of the molecule is Cc1nc(N)c(C#C[Si](C)(C)C)c(C)c1Br. The van der Waals surface area contributed by atoms with Crippen molar-refractivity contribution in [3.8, 4) is 11.5 Å². The number of aromatic nitrogens is 1. The van der Waals surface area contributed by atoms with Gasteiger partial charge in [0.2, 0.25) is 0 Å². The summed E-state index contributed by atoms with van der Waals surface area (Å²) in [6.07, 6.45) is 0. The van der Waals surface area contributed by atoms with Crippen LogP contribution in [0.5, 0.6) is 0 Å². The number of nitrogens with two attached hydrogens (primary N) is 1. The van der Waals surface area contributed by atoms with Crippen molar-refractivity contribution in [2.24, 2.45) is 0 Å². The van der Waals surface area contributed by atoms with Crippen LogP contribution >= 0.6 is 15.9 Å². The van der Waals surface area contributed by atoms with E-state index in [2.05, 4.69) is 52.0 Å². The van der Waals surface area contributed by atoms with E-state index in [1.165, 1.54) is 0 Å². The average molecular weight is 297 g/mol. The molecule has 1 rings (SSSR count). The Balaban J connectivity index is 3.34. The number of hydrogen-bond donors (Lipinski definition) is 1. The van der Waals surface area contributed by atoms with Crippen LogP contribution in [-0.2, 0) is 0 Å². The Morgan fingerprint density at radius 1 is 1.25 bits per heavy atom. The highest BCUT2D eigenvalue weighted by Crippen LogP contribution is 2.25. The molecule has 0 aromatic carbocycles. The quantitative estimate of drug-likeness (QED) is 0.589. The Morgan fingerprint density at radius 3 is 2.31 bits per heavy atom. The van der Waals surface area contributed by atoms with Crippen LogP contribution in [0.15, 0.2) is 4.47 Å². The van der Waals surface area contributed by atoms with Gasteiger partial charge in [0.25, 0.3) is 0 Å². The summed E-state index contributed by atoms with van der Waals surface area (Å²) < 4.78 is 1.00. The first-order valence-electron chi connectivity index (χ1n) is 5.17. The Kier molecular flexibility index (Phi) is 3.82. The number of hydrogen-bond acceptors (Lipinski definition) is 2. The predicted octanol–water partition coefficient (Wildman–Crippen LogP) is 3.27. The van der Waals surface area contributed by atoms with E-state index in [1.807, 2.05) is 13.8 Å². The maximum absolute atomic E-state index is 5.90. The van der Waals surface area contributed by atoms with E-state index < -0.39 is 8.07 Å². The lowest BCUT2D eigenvalue weighted by Crippen LogP contribution is -2.16. The third-order valence-electron chi connectivity index (χ3n) is 2.13. The number of pyridine rings is 1. The number of nitrogens with zero attached hydrogens (tertiary/aromatic N) is 1. The zero-order valence-corrected chi connectivity index (χ0v) is 13.0. The van der Waals surface area contributed by atoms with E-state index in [-0.39, 0.29) is 0 Å². The normalized spacial score (nSPS) is 10.9. The van der Waals surface area contributed by atoms with E-state index in [9.17, 15) is 0 Å². The lowest BCUT2D eigenvalue weighted by atomic mass is 10.1. The van der Waals surface area contributed by atoms with Crippen LogP contribution in [0.1, 0.15) is 16.8 Å². The predicted molar refractivity (Wildman–Crippen MR) is 76.0 cm³/mol. The molecule has 0 atom stereocenters. The summed E-state index contributed by atoms with van der Waals surface area (Å²) in [6, 6.07) is 0. The molecule has 0 aliphatic rings. The van der Waals surface area contributed by atoms with E-state index in [0.717, 1.165) is 21.3 Å². The molecule has 0 fully saturated rings. The molecule has 0 spiro atoms. The Bertz CT molecular complexity index is 479. The molecule has 1 aromatic rings. The summed E-state index contributed by atoms with van der Waals surface area (Å²) in [5, 5.41) is 0. The molecular formula is C12H17BrN2Si. The molecule has 0 radical (unpaired) electrons. The van der Waals surface area contributed by atoms with Gasteiger partial charge in [0.15, 0.2) is 0 Å². The van der Waals surface area contributed by atoms with E-state index >= 15 is 0 Å². The molecule has 0 saturated heterocycles. The first kappa shape index (κ1) is 13.3. The smallest absolute Gasteiger partial charge is 0.139 e. The van der Waals surface area contributed by atoms with Crippen molar-refractivity contribution in [3.05, 3.63) is 21.3 Å². The maximum atomic E-state index is 5.90. The molecule has 0 saturated carbocycles. The van der Waals surface area contributed by atoms with Gasteiger partial charge in [0, 0.05) is 4.47 Å². The molecule has 0 aliphatic carbocycles. The first-order chi connectivity index (χ1) is 7.22. The standard InChI is InChI=1S/C12H17BrN2Si/c1-8-10(6-7-16(3,4)5)12(14)15-9(2)11(8)13/h1-5H3,(H2,14,15).